The first-order chi connectivity index (χ1) is 20.2. The van der Waals surface area contributed by atoms with Gasteiger partial charge in [0.2, 0.25) is 0 Å². The fourth-order valence-electron chi connectivity index (χ4n) is 5.11. The van der Waals surface area contributed by atoms with Crippen molar-refractivity contribution >= 4 is 62.7 Å². The number of hydrogen-bond acceptors (Lipinski definition) is 1. The van der Waals surface area contributed by atoms with Gasteiger partial charge in [-0.2, -0.15) is 5.26 Å². The molecule has 0 spiro atoms. The SMILES string of the molecule is CC[S+](Cc1ccc(C#N)cc1)c1ccc(-c2c3ccccc3cc3cc4ccccc4cc23)cc1.[F][Sb-]([F])([F])([F])([F])[F]. The number of nitriles is 1. The average molecular weight is 716 g/mol. The topological polar surface area (TPSA) is 23.8 Å². The number of rotatable bonds is 5. The number of halogens is 6. The van der Waals surface area contributed by atoms with Gasteiger partial charge >= 0.3 is 36.4 Å². The molecule has 0 amide bonds. The van der Waals surface area contributed by atoms with Crippen LogP contribution in [0.5, 0.6) is 0 Å². The van der Waals surface area contributed by atoms with Gasteiger partial charge in [0, 0.05) is 16.5 Å². The summed E-state index contributed by atoms with van der Waals surface area (Å²) in [5.41, 5.74) is 4.57. The second-order valence-corrected chi connectivity index (χ2v) is 17.9. The normalized spacial score (nSPS) is 13.9. The minimum atomic E-state index is -11.2. The van der Waals surface area contributed by atoms with Crippen LogP contribution < -0.4 is 0 Å². The van der Waals surface area contributed by atoms with Crippen molar-refractivity contribution in [2.24, 2.45) is 0 Å². The molecule has 9 heteroatoms. The fourth-order valence-corrected chi connectivity index (χ4v) is 6.93. The Morgan fingerprint density at radius 2 is 1.16 bits per heavy atom. The molecule has 1 nitrogen and oxygen atoms in total. The molecule has 6 aromatic carbocycles. The first-order valence-corrected chi connectivity index (χ1v) is 20.7. The molecule has 0 heterocycles. The Morgan fingerprint density at radius 3 is 1.74 bits per heavy atom. The van der Waals surface area contributed by atoms with Crippen LogP contribution in [0, 0.1) is 11.3 Å². The number of fused-ring (bicyclic) bond motifs is 3. The predicted octanol–water partition coefficient (Wildman–Crippen LogP) is 11.0. The molecular weight excluding hydrogens is 690 g/mol. The van der Waals surface area contributed by atoms with E-state index in [2.05, 4.69) is 116 Å². The van der Waals surface area contributed by atoms with E-state index in [4.69, 9.17) is 5.26 Å². The summed E-state index contributed by atoms with van der Waals surface area (Å²) >= 11 is -11.2. The van der Waals surface area contributed by atoms with Gasteiger partial charge in [-0.15, -0.1) is 0 Å². The molecule has 0 aliphatic carbocycles. The van der Waals surface area contributed by atoms with Crippen LogP contribution in [0.25, 0.3) is 43.4 Å². The summed E-state index contributed by atoms with van der Waals surface area (Å²) < 4.78 is 59.6. The third-order valence-electron chi connectivity index (χ3n) is 6.98. The molecule has 0 fully saturated rings. The number of benzene rings is 6. The Balaban J connectivity index is 0.000000472. The molecule has 0 aliphatic heterocycles. The summed E-state index contributed by atoms with van der Waals surface area (Å²) in [6, 6.07) is 43.8. The summed E-state index contributed by atoms with van der Waals surface area (Å²) in [5.74, 6) is 2.10. The summed E-state index contributed by atoms with van der Waals surface area (Å²) in [7, 11) is 0.125. The van der Waals surface area contributed by atoms with Gasteiger partial charge in [0.25, 0.3) is 0 Å². The van der Waals surface area contributed by atoms with Crippen LogP contribution in [-0.4, -0.2) is 25.2 Å². The van der Waals surface area contributed by atoms with Crippen LogP contribution in [0.15, 0.2) is 120 Å². The molecule has 43 heavy (non-hydrogen) atoms. The van der Waals surface area contributed by atoms with Crippen molar-refractivity contribution in [2.45, 2.75) is 17.6 Å². The van der Waals surface area contributed by atoms with Crippen molar-refractivity contribution in [1.29, 1.82) is 5.26 Å². The van der Waals surface area contributed by atoms with E-state index in [1.165, 1.54) is 53.9 Å². The first kappa shape index (κ1) is 30.8. The summed E-state index contributed by atoms with van der Waals surface area (Å²) in [4.78, 5) is 1.39. The van der Waals surface area contributed by atoms with Gasteiger partial charge in [-0.05, 0) is 105 Å². The molecule has 0 aliphatic rings. The first-order valence-electron chi connectivity index (χ1n) is 13.4. The van der Waals surface area contributed by atoms with E-state index >= 15 is 0 Å². The van der Waals surface area contributed by atoms with E-state index in [1.54, 1.807) is 0 Å². The van der Waals surface area contributed by atoms with Gasteiger partial charge in [-0.1, -0.05) is 60.7 Å². The molecule has 1 unspecified atom stereocenters. The second-order valence-electron chi connectivity index (χ2n) is 10.1. The molecule has 6 rings (SSSR count). The zero-order chi connectivity index (χ0) is 30.9. The van der Waals surface area contributed by atoms with Gasteiger partial charge in [0.15, 0.2) is 4.90 Å². The molecule has 220 valence electrons. The molecule has 0 aromatic heterocycles. The molecule has 0 N–H and O–H groups in total. The van der Waals surface area contributed by atoms with E-state index in [0.29, 0.717) is 0 Å². The maximum atomic E-state index is 9.93. The Morgan fingerprint density at radius 1 is 0.628 bits per heavy atom. The van der Waals surface area contributed by atoms with Crippen molar-refractivity contribution in [2.75, 3.05) is 5.75 Å². The molecule has 1 atom stereocenters. The number of nitrogens with zero attached hydrogens (tertiary/aromatic N) is 1. The Labute approximate surface area is 250 Å². The Bertz CT molecular complexity index is 1970. The van der Waals surface area contributed by atoms with Crippen LogP contribution in [0.2, 0.25) is 0 Å². The van der Waals surface area contributed by atoms with Crippen LogP contribution in [-0.2, 0) is 16.6 Å². The van der Waals surface area contributed by atoms with Gasteiger partial charge in [-0.3, -0.25) is 0 Å². The maximum absolute atomic E-state index is 11.2. The fraction of sp³-hybridized carbons (Fsp3) is 0.0882. The molecule has 0 bridgehead atoms. The number of hydrogen-bond donors (Lipinski definition) is 0. The molecular formula is C34H26F6NSSb. The minimum absolute atomic E-state index is 0.125. The molecule has 0 saturated carbocycles. The van der Waals surface area contributed by atoms with Gasteiger partial charge in [-0.25, -0.2) is 0 Å². The second kappa shape index (κ2) is 11.1. The van der Waals surface area contributed by atoms with E-state index in [-0.39, 0.29) is 10.9 Å². The average Bonchev–Trinajstić information content (AvgIpc) is 2.96. The predicted molar refractivity (Wildman–Crippen MR) is 168 cm³/mol. The zero-order valence-corrected chi connectivity index (χ0v) is 26.3. The third kappa shape index (κ3) is 8.25. The van der Waals surface area contributed by atoms with E-state index < -0.39 is 19.5 Å². The van der Waals surface area contributed by atoms with E-state index in [0.717, 1.165) is 17.1 Å². The van der Waals surface area contributed by atoms with Crippen LogP contribution in [0.1, 0.15) is 18.1 Å². The van der Waals surface area contributed by atoms with Crippen LogP contribution in [0.3, 0.4) is 0 Å². The van der Waals surface area contributed by atoms with Crippen molar-refractivity contribution in [3.05, 3.63) is 126 Å². The van der Waals surface area contributed by atoms with Crippen LogP contribution in [0.4, 0.5) is 16.9 Å². The molecule has 0 saturated heterocycles. The molecule has 6 aromatic rings. The molecule has 0 radical (unpaired) electrons. The summed E-state index contributed by atoms with van der Waals surface area (Å²) in [6.45, 7) is 2.27. The monoisotopic (exact) mass is 715 g/mol. The van der Waals surface area contributed by atoms with Crippen molar-refractivity contribution in [3.63, 3.8) is 0 Å². The van der Waals surface area contributed by atoms with Gasteiger partial charge in [0.1, 0.15) is 11.5 Å². The van der Waals surface area contributed by atoms with Crippen molar-refractivity contribution in [3.8, 4) is 17.2 Å². The van der Waals surface area contributed by atoms with E-state index in [1.807, 2.05) is 12.1 Å². The van der Waals surface area contributed by atoms with Crippen molar-refractivity contribution in [1.82, 2.24) is 0 Å². The summed E-state index contributed by atoms with van der Waals surface area (Å²) in [5, 5.41) is 16.8. The summed E-state index contributed by atoms with van der Waals surface area (Å²) in [6.07, 6.45) is 0. The van der Waals surface area contributed by atoms with E-state index in [9.17, 15) is 16.9 Å². The zero-order valence-electron chi connectivity index (χ0n) is 23.0. The van der Waals surface area contributed by atoms with Crippen molar-refractivity contribution < 1.29 is 16.9 Å². The van der Waals surface area contributed by atoms with Gasteiger partial charge in [0.05, 0.1) is 11.6 Å². The Kier molecular flexibility index (Phi) is 7.96. The standard InChI is InChI=1S/C34H26NS.6FH.Sb/c1-2-36(23-25-13-11-24(22-35)12-14-25)31-17-15-26(16-18-31)34-32-10-6-5-9-29(32)20-30-19-27-7-3-4-8-28(27)21-33(30)34;;;;;;;/h3-21H,2,23H2,1H3;6*1H;/q+1;;;;;;;+5/p-6. The van der Waals surface area contributed by atoms with Gasteiger partial charge < -0.3 is 0 Å². The third-order valence-corrected chi connectivity index (χ3v) is 9.29. The Hall–Kier alpha value is -3.66. The van der Waals surface area contributed by atoms with Crippen LogP contribution >= 0.6 is 0 Å². The quantitative estimate of drug-likeness (QED) is 0.0754.